The molecule has 1 unspecified atom stereocenters. The summed E-state index contributed by atoms with van der Waals surface area (Å²) in [5, 5.41) is 6.37. The second-order valence-electron chi connectivity index (χ2n) is 9.34. The highest BCUT2D eigenvalue weighted by Gasteiger charge is 2.50. The van der Waals surface area contributed by atoms with E-state index in [2.05, 4.69) is 40.4 Å². The number of carbonyl (C=O) groups excluding carboxylic acids is 2. The fourth-order valence-corrected chi connectivity index (χ4v) is 5.42. The maximum absolute atomic E-state index is 13.0. The highest BCUT2D eigenvalue weighted by molar-refractivity contribution is 6.07. The molecule has 1 aliphatic carbocycles. The van der Waals surface area contributed by atoms with Gasteiger partial charge in [-0.3, -0.25) is 14.6 Å². The van der Waals surface area contributed by atoms with E-state index in [1.165, 1.54) is 12.0 Å². The van der Waals surface area contributed by atoms with E-state index in [4.69, 9.17) is 0 Å². The lowest BCUT2D eigenvalue weighted by atomic mass is 9.79. The van der Waals surface area contributed by atoms with E-state index in [1.54, 1.807) is 19.2 Å². The minimum Gasteiger partial charge on any atom is -0.356 e. The molecule has 0 aromatic heterocycles. The molecular weight excluding hydrogens is 424 g/mol. The third kappa shape index (κ3) is 3.94. The summed E-state index contributed by atoms with van der Waals surface area (Å²) in [5.74, 6) is 0.0209. The molecule has 2 N–H and O–H groups in total. The maximum atomic E-state index is 13.0. The van der Waals surface area contributed by atoms with Crippen molar-refractivity contribution in [1.82, 2.24) is 4.90 Å². The monoisotopic (exact) mass is 454 g/mol. The lowest BCUT2D eigenvalue weighted by Crippen LogP contribution is -2.36. The van der Waals surface area contributed by atoms with Gasteiger partial charge < -0.3 is 15.5 Å². The number of anilines is 2. The number of rotatable bonds is 5. The summed E-state index contributed by atoms with van der Waals surface area (Å²) in [6, 6.07) is 14.2. The van der Waals surface area contributed by atoms with Crippen molar-refractivity contribution in [2.75, 3.05) is 23.7 Å². The standard InChI is InChI=1S/C28H30N4O2/c1-3-29-25(26(33)32-13-7-4-8-14-32)15-19(2)30-22-12-11-20-17-28(18-21(20)16-22)23-9-5-6-10-24(23)31-27(28)34/h3,5-6,9-12,15-16,30H,2,4,7-8,13-14,17-18H2,1H3,(H,31,34)/b25-15-,29-3?. The van der Waals surface area contributed by atoms with Gasteiger partial charge in [0.2, 0.25) is 5.91 Å². The van der Waals surface area contributed by atoms with Gasteiger partial charge in [0.1, 0.15) is 5.70 Å². The van der Waals surface area contributed by atoms with Crippen molar-refractivity contribution in [3.8, 4) is 0 Å². The topological polar surface area (TPSA) is 73.8 Å². The molecule has 6 heteroatoms. The van der Waals surface area contributed by atoms with E-state index in [0.717, 1.165) is 48.4 Å². The molecule has 1 atom stereocenters. The van der Waals surface area contributed by atoms with Gasteiger partial charge in [0, 0.05) is 36.4 Å². The number of hydrogen-bond acceptors (Lipinski definition) is 4. The zero-order valence-corrected chi connectivity index (χ0v) is 19.6. The van der Waals surface area contributed by atoms with E-state index in [-0.39, 0.29) is 11.8 Å². The number of piperidine rings is 1. The van der Waals surface area contributed by atoms with E-state index in [0.29, 0.717) is 24.2 Å². The minimum atomic E-state index is -0.529. The quantitative estimate of drug-likeness (QED) is 0.394. The molecule has 2 aliphatic heterocycles. The van der Waals surface area contributed by atoms with E-state index < -0.39 is 5.41 Å². The lowest BCUT2D eigenvalue weighted by Gasteiger charge is -2.26. The number of hydrogen-bond donors (Lipinski definition) is 2. The Morgan fingerprint density at radius 2 is 1.88 bits per heavy atom. The number of nitrogens with one attached hydrogen (secondary N) is 2. The van der Waals surface area contributed by atoms with Crippen molar-refractivity contribution in [3.63, 3.8) is 0 Å². The zero-order valence-electron chi connectivity index (χ0n) is 19.6. The normalized spacial score (nSPS) is 21.5. The van der Waals surface area contributed by atoms with Gasteiger partial charge in [0.25, 0.3) is 5.91 Å². The molecule has 174 valence electrons. The summed E-state index contributed by atoms with van der Waals surface area (Å²) in [4.78, 5) is 32.1. The Morgan fingerprint density at radius 1 is 1.12 bits per heavy atom. The highest BCUT2D eigenvalue weighted by atomic mass is 16.2. The molecule has 1 spiro atoms. The summed E-state index contributed by atoms with van der Waals surface area (Å²) >= 11 is 0. The molecule has 34 heavy (non-hydrogen) atoms. The minimum absolute atomic E-state index is 0.0532. The number of nitrogens with zero attached hydrogens (tertiary/aromatic N) is 2. The summed E-state index contributed by atoms with van der Waals surface area (Å²) < 4.78 is 0. The van der Waals surface area contributed by atoms with Gasteiger partial charge in [0.05, 0.1) is 5.41 Å². The van der Waals surface area contributed by atoms with Crippen LogP contribution >= 0.6 is 0 Å². The number of likely N-dealkylation sites (tertiary alicyclic amines) is 1. The summed E-state index contributed by atoms with van der Waals surface area (Å²) in [6.07, 6.45) is 7.96. The first-order valence-electron chi connectivity index (χ1n) is 12.0. The largest absolute Gasteiger partial charge is 0.356 e. The molecule has 2 heterocycles. The van der Waals surface area contributed by atoms with Gasteiger partial charge in [-0.25, -0.2) is 0 Å². The zero-order chi connectivity index (χ0) is 23.7. The van der Waals surface area contributed by atoms with Crippen LogP contribution in [0.4, 0.5) is 11.4 Å². The SMILES string of the molecule is C=C(/C=C(\N=CC)C(=O)N1CCCCC1)Nc1ccc2c(c1)CC1(C2)C(=O)Nc2ccccc21. The maximum Gasteiger partial charge on any atom is 0.272 e. The summed E-state index contributed by atoms with van der Waals surface area (Å²) in [5.41, 5.74) is 5.69. The predicted molar refractivity (Wildman–Crippen MR) is 136 cm³/mol. The van der Waals surface area contributed by atoms with Crippen LogP contribution in [-0.2, 0) is 27.8 Å². The molecule has 2 aromatic rings. The number of allylic oxidation sites excluding steroid dienone is 1. The summed E-state index contributed by atoms with van der Waals surface area (Å²) in [6.45, 7) is 7.47. The molecule has 0 saturated carbocycles. The molecule has 2 aromatic carbocycles. The van der Waals surface area contributed by atoms with Crippen LogP contribution in [0, 0.1) is 0 Å². The summed E-state index contributed by atoms with van der Waals surface area (Å²) in [7, 11) is 0. The van der Waals surface area contributed by atoms with Crippen molar-refractivity contribution in [3.05, 3.63) is 83.2 Å². The smallest absolute Gasteiger partial charge is 0.272 e. The molecular formula is C28H30N4O2. The van der Waals surface area contributed by atoms with Crippen LogP contribution in [0.2, 0.25) is 0 Å². The van der Waals surface area contributed by atoms with Crippen LogP contribution in [0.25, 0.3) is 0 Å². The Morgan fingerprint density at radius 3 is 2.68 bits per heavy atom. The fourth-order valence-electron chi connectivity index (χ4n) is 5.42. The van der Waals surface area contributed by atoms with Crippen molar-refractivity contribution in [2.24, 2.45) is 4.99 Å². The van der Waals surface area contributed by atoms with Gasteiger partial charge in [-0.2, -0.15) is 0 Å². The Balaban J connectivity index is 1.33. The average Bonchev–Trinajstić information content (AvgIpc) is 3.36. The molecule has 2 amide bonds. The van der Waals surface area contributed by atoms with Crippen LogP contribution in [0.3, 0.4) is 0 Å². The average molecular weight is 455 g/mol. The van der Waals surface area contributed by atoms with Crippen molar-refractivity contribution < 1.29 is 9.59 Å². The first-order chi connectivity index (χ1) is 16.5. The second-order valence-corrected chi connectivity index (χ2v) is 9.34. The van der Waals surface area contributed by atoms with Crippen LogP contribution in [0.1, 0.15) is 42.9 Å². The van der Waals surface area contributed by atoms with Gasteiger partial charge in [-0.05, 0) is 80.0 Å². The number of fused-ring (bicyclic) bond motifs is 3. The third-order valence-electron chi connectivity index (χ3n) is 7.06. The number of benzene rings is 2. The number of para-hydroxylation sites is 1. The molecule has 5 rings (SSSR count). The van der Waals surface area contributed by atoms with Crippen LogP contribution < -0.4 is 10.6 Å². The Labute approximate surface area is 200 Å². The molecule has 1 fully saturated rings. The first kappa shape index (κ1) is 22.1. The van der Waals surface area contributed by atoms with Crippen molar-refractivity contribution >= 4 is 29.4 Å². The van der Waals surface area contributed by atoms with Crippen LogP contribution in [-0.4, -0.2) is 36.0 Å². The molecule has 3 aliphatic rings. The molecule has 6 nitrogen and oxygen atoms in total. The van der Waals surface area contributed by atoms with Crippen molar-refractivity contribution in [1.29, 1.82) is 0 Å². The predicted octanol–water partition coefficient (Wildman–Crippen LogP) is 4.59. The fraction of sp³-hybridized carbons (Fsp3) is 0.321. The van der Waals surface area contributed by atoms with Gasteiger partial charge >= 0.3 is 0 Å². The third-order valence-corrected chi connectivity index (χ3v) is 7.06. The van der Waals surface area contributed by atoms with Crippen molar-refractivity contribution in [2.45, 2.75) is 44.4 Å². The van der Waals surface area contributed by atoms with Crippen LogP contribution in [0.5, 0.6) is 0 Å². The molecule has 0 radical (unpaired) electrons. The van der Waals surface area contributed by atoms with Gasteiger partial charge in [-0.15, -0.1) is 0 Å². The van der Waals surface area contributed by atoms with E-state index in [1.807, 2.05) is 29.2 Å². The number of carbonyl (C=O) groups is 2. The van der Waals surface area contributed by atoms with E-state index >= 15 is 0 Å². The first-order valence-corrected chi connectivity index (χ1v) is 12.0. The Kier molecular flexibility index (Phi) is 5.82. The number of aliphatic imine (C=N–C) groups is 1. The lowest BCUT2D eigenvalue weighted by molar-refractivity contribution is -0.128. The van der Waals surface area contributed by atoms with E-state index in [9.17, 15) is 9.59 Å². The Bertz CT molecular complexity index is 1220. The Hall–Kier alpha value is -3.67. The number of amides is 2. The molecule has 0 bridgehead atoms. The van der Waals surface area contributed by atoms with Gasteiger partial charge in [-0.1, -0.05) is 30.8 Å². The van der Waals surface area contributed by atoms with Gasteiger partial charge in [0.15, 0.2) is 0 Å². The highest BCUT2D eigenvalue weighted by Crippen LogP contribution is 2.47. The second kappa shape index (κ2) is 8.93. The van der Waals surface area contributed by atoms with Crippen LogP contribution in [0.15, 0.2) is 71.5 Å². The molecule has 1 saturated heterocycles.